The third-order valence-electron chi connectivity index (χ3n) is 7.04. The van der Waals surface area contributed by atoms with Gasteiger partial charge in [0.2, 0.25) is 0 Å². The van der Waals surface area contributed by atoms with Gasteiger partial charge < -0.3 is 9.80 Å². The van der Waals surface area contributed by atoms with Gasteiger partial charge in [0, 0.05) is 25.2 Å². The molecule has 2 aliphatic heterocycles. The van der Waals surface area contributed by atoms with E-state index in [2.05, 4.69) is 37.8 Å². The van der Waals surface area contributed by atoms with E-state index in [0.29, 0.717) is 11.8 Å². The lowest BCUT2D eigenvalue weighted by atomic mass is 9.89. The molecule has 1 atom stereocenters. The van der Waals surface area contributed by atoms with Gasteiger partial charge in [-0.15, -0.1) is 0 Å². The average Bonchev–Trinajstić information content (AvgIpc) is 3.32. The highest BCUT2D eigenvalue weighted by atomic mass is 19.1. The maximum absolute atomic E-state index is 13.2. The van der Waals surface area contributed by atoms with Crippen molar-refractivity contribution in [3.8, 4) is 0 Å². The molecule has 2 aliphatic rings. The van der Waals surface area contributed by atoms with Gasteiger partial charge in [0.25, 0.3) is 5.91 Å². The number of nitrogens with zero attached hydrogens (tertiary/aromatic N) is 2. The predicted molar refractivity (Wildman–Crippen MR) is 143 cm³/mol. The molecule has 3 aromatic rings. The van der Waals surface area contributed by atoms with E-state index < -0.39 is 0 Å². The van der Waals surface area contributed by atoms with Crippen molar-refractivity contribution in [1.29, 1.82) is 0 Å². The van der Waals surface area contributed by atoms with Gasteiger partial charge in [0.1, 0.15) is 5.82 Å². The number of likely N-dealkylation sites (tertiary alicyclic amines) is 2. The van der Waals surface area contributed by atoms with E-state index >= 15 is 0 Å². The number of fused-ring (bicyclic) bond motifs is 1. The molecular formula is C31H39FN2O. The minimum atomic E-state index is -0.162. The van der Waals surface area contributed by atoms with E-state index in [1.807, 2.05) is 47.4 Å². The molecule has 0 aromatic heterocycles. The molecule has 2 heterocycles. The first-order valence-electron chi connectivity index (χ1n) is 13.2. The summed E-state index contributed by atoms with van der Waals surface area (Å²) in [6, 6.07) is 21.1. The molecule has 5 rings (SSSR count). The van der Waals surface area contributed by atoms with E-state index in [1.165, 1.54) is 5.56 Å². The molecule has 0 aliphatic carbocycles. The third kappa shape index (κ3) is 6.70. The van der Waals surface area contributed by atoms with Crippen molar-refractivity contribution in [3.05, 3.63) is 83.7 Å². The van der Waals surface area contributed by atoms with E-state index in [4.69, 9.17) is 0 Å². The fourth-order valence-corrected chi connectivity index (χ4v) is 5.30. The summed E-state index contributed by atoms with van der Waals surface area (Å²) in [6.07, 6.45) is 3.32. The summed E-state index contributed by atoms with van der Waals surface area (Å²) in [7, 11) is 0. The summed E-state index contributed by atoms with van der Waals surface area (Å²) >= 11 is 0. The first-order chi connectivity index (χ1) is 16.9. The van der Waals surface area contributed by atoms with Gasteiger partial charge in [0.15, 0.2) is 0 Å². The van der Waals surface area contributed by atoms with Crippen LogP contribution in [0.5, 0.6) is 0 Å². The van der Waals surface area contributed by atoms with Crippen molar-refractivity contribution in [2.45, 2.75) is 46.0 Å². The number of benzene rings is 3. The maximum Gasteiger partial charge on any atom is 0.254 e. The highest BCUT2D eigenvalue weighted by molar-refractivity contribution is 6.07. The number of carbonyl (C=O) groups excluding carboxylic acids is 1. The predicted octanol–water partition coefficient (Wildman–Crippen LogP) is 6.98. The summed E-state index contributed by atoms with van der Waals surface area (Å²) in [5.74, 6) is 1.91. The highest BCUT2D eigenvalue weighted by Gasteiger charge is 2.30. The molecule has 0 saturated carbocycles. The monoisotopic (exact) mass is 474 g/mol. The van der Waals surface area contributed by atoms with Crippen LogP contribution in [-0.2, 0) is 0 Å². The van der Waals surface area contributed by atoms with Crippen molar-refractivity contribution < 1.29 is 9.18 Å². The number of hydrogen-bond acceptors (Lipinski definition) is 2. The number of rotatable bonds is 4. The Labute approximate surface area is 209 Å². The summed E-state index contributed by atoms with van der Waals surface area (Å²) in [4.78, 5) is 17.8. The normalized spacial score (nSPS) is 19.1. The van der Waals surface area contributed by atoms with Crippen LogP contribution in [-0.4, -0.2) is 48.4 Å². The zero-order chi connectivity index (χ0) is 24.8. The van der Waals surface area contributed by atoms with Crippen LogP contribution in [0.3, 0.4) is 0 Å². The molecule has 186 valence electrons. The van der Waals surface area contributed by atoms with Crippen LogP contribution in [0.2, 0.25) is 0 Å². The molecule has 4 heteroatoms. The van der Waals surface area contributed by atoms with Crippen molar-refractivity contribution in [2.75, 3.05) is 32.7 Å². The van der Waals surface area contributed by atoms with Crippen molar-refractivity contribution in [1.82, 2.24) is 9.80 Å². The van der Waals surface area contributed by atoms with Crippen molar-refractivity contribution in [3.63, 3.8) is 0 Å². The van der Waals surface area contributed by atoms with Crippen LogP contribution in [0.15, 0.2) is 66.7 Å². The van der Waals surface area contributed by atoms with E-state index in [0.717, 1.165) is 74.2 Å². The fraction of sp³-hybridized carbons (Fsp3) is 0.452. The lowest BCUT2D eigenvalue weighted by Crippen LogP contribution is -2.37. The van der Waals surface area contributed by atoms with Gasteiger partial charge in [-0.25, -0.2) is 4.39 Å². The zero-order valence-electron chi connectivity index (χ0n) is 21.4. The Balaban J connectivity index is 0.000000672. The lowest BCUT2D eigenvalue weighted by molar-refractivity contribution is 0.0784. The smallest absolute Gasteiger partial charge is 0.254 e. The van der Waals surface area contributed by atoms with Gasteiger partial charge in [0.05, 0.1) is 0 Å². The minimum Gasteiger partial charge on any atom is -0.338 e. The molecule has 3 nitrogen and oxygen atoms in total. The molecule has 0 bridgehead atoms. The van der Waals surface area contributed by atoms with E-state index in [-0.39, 0.29) is 11.7 Å². The molecule has 0 unspecified atom stereocenters. The average molecular weight is 475 g/mol. The Morgan fingerprint density at radius 1 is 0.886 bits per heavy atom. The topological polar surface area (TPSA) is 23.6 Å². The van der Waals surface area contributed by atoms with Crippen molar-refractivity contribution >= 4 is 16.7 Å². The van der Waals surface area contributed by atoms with Crippen LogP contribution in [0.4, 0.5) is 4.39 Å². The van der Waals surface area contributed by atoms with Crippen LogP contribution >= 0.6 is 0 Å². The molecule has 3 aromatic carbocycles. The number of hydrogen-bond donors (Lipinski definition) is 0. The van der Waals surface area contributed by atoms with Gasteiger partial charge in [-0.1, -0.05) is 69.3 Å². The standard InChI is InChI=1S/C27H29FN2O.C4H10/c28-24-10-8-21(9-11-24)22-13-15-29(16-14-22)18-20-12-17-30(19-20)27(31)26-7-3-5-23-4-1-2-6-25(23)26;1-4(2)3/h1-11,20,22H,12-19H2;4H,1-3H3/t20-;/m1./s1. The van der Waals surface area contributed by atoms with Crippen molar-refractivity contribution in [2.24, 2.45) is 11.8 Å². The summed E-state index contributed by atoms with van der Waals surface area (Å²) in [6.45, 7) is 11.4. The Kier molecular flexibility index (Phi) is 8.56. The Bertz CT molecular complexity index is 1090. The van der Waals surface area contributed by atoms with Gasteiger partial charge in [-0.3, -0.25) is 4.79 Å². The number of piperidine rings is 1. The van der Waals surface area contributed by atoms with Gasteiger partial charge in [-0.05, 0) is 84.6 Å². The summed E-state index contributed by atoms with van der Waals surface area (Å²) < 4.78 is 13.2. The fourth-order valence-electron chi connectivity index (χ4n) is 5.30. The van der Waals surface area contributed by atoms with Crippen LogP contribution in [0.1, 0.15) is 61.9 Å². The first kappa shape index (κ1) is 25.4. The first-order valence-corrected chi connectivity index (χ1v) is 13.2. The summed E-state index contributed by atoms with van der Waals surface area (Å²) in [5.41, 5.74) is 2.08. The summed E-state index contributed by atoms with van der Waals surface area (Å²) in [5, 5.41) is 2.16. The number of halogens is 1. The zero-order valence-corrected chi connectivity index (χ0v) is 21.4. The second-order valence-electron chi connectivity index (χ2n) is 10.8. The highest BCUT2D eigenvalue weighted by Crippen LogP contribution is 2.30. The van der Waals surface area contributed by atoms with E-state index in [1.54, 1.807) is 12.1 Å². The van der Waals surface area contributed by atoms with Gasteiger partial charge >= 0.3 is 0 Å². The SMILES string of the molecule is CC(C)C.O=C(c1cccc2ccccc12)N1CC[C@H](CN2CCC(c3ccc(F)cc3)CC2)C1. The molecule has 0 radical (unpaired) electrons. The molecule has 1 amide bonds. The van der Waals surface area contributed by atoms with Gasteiger partial charge in [-0.2, -0.15) is 0 Å². The number of amides is 1. The Hall–Kier alpha value is -2.72. The largest absolute Gasteiger partial charge is 0.338 e. The Morgan fingerprint density at radius 3 is 2.26 bits per heavy atom. The molecule has 2 fully saturated rings. The van der Waals surface area contributed by atoms with E-state index in [9.17, 15) is 9.18 Å². The van der Waals surface area contributed by atoms with Crippen LogP contribution in [0.25, 0.3) is 10.8 Å². The maximum atomic E-state index is 13.2. The minimum absolute atomic E-state index is 0.161. The van der Waals surface area contributed by atoms with Crippen LogP contribution in [0, 0.1) is 17.7 Å². The molecule has 2 saturated heterocycles. The van der Waals surface area contributed by atoms with Crippen LogP contribution < -0.4 is 0 Å². The second kappa shape index (κ2) is 11.8. The third-order valence-corrected chi connectivity index (χ3v) is 7.04. The molecular weight excluding hydrogens is 435 g/mol. The second-order valence-corrected chi connectivity index (χ2v) is 10.8. The molecule has 0 spiro atoms. The quantitative estimate of drug-likeness (QED) is 0.407. The molecule has 0 N–H and O–H groups in total. The molecule has 35 heavy (non-hydrogen) atoms. The Morgan fingerprint density at radius 2 is 1.54 bits per heavy atom. The number of carbonyl (C=O) groups is 1. The lowest BCUT2D eigenvalue weighted by Gasteiger charge is -2.33.